The Hall–Kier alpha value is -3.54. The molecule has 0 unspecified atom stereocenters. The first-order valence-electron chi connectivity index (χ1n) is 8.54. The van der Waals surface area contributed by atoms with Crippen molar-refractivity contribution in [3.05, 3.63) is 89.0 Å². The van der Waals surface area contributed by atoms with Gasteiger partial charge in [-0.15, -0.1) is 0 Å². The normalized spacial score (nSPS) is 10.3. The molecule has 27 heavy (non-hydrogen) atoms. The molecule has 136 valence electrons. The highest BCUT2D eigenvalue weighted by Crippen LogP contribution is 2.19. The van der Waals surface area contributed by atoms with Crippen molar-refractivity contribution < 1.29 is 9.59 Å². The minimum Gasteiger partial charge on any atom is -0.348 e. The fourth-order valence-corrected chi connectivity index (χ4v) is 2.55. The number of pyridine rings is 2. The Morgan fingerprint density at radius 2 is 1.63 bits per heavy atom. The van der Waals surface area contributed by atoms with Crippen LogP contribution in [-0.2, 0) is 6.54 Å². The molecule has 0 saturated heterocycles. The fourth-order valence-electron chi connectivity index (χ4n) is 2.55. The van der Waals surface area contributed by atoms with Gasteiger partial charge in [-0.05, 0) is 54.8 Å². The largest absolute Gasteiger partial charge is 0.348 e. The van der Waals surface area contributed by atoms with E-state index in [2.05, 4.69) is 20.6 Å². The third kappa shape index (κ3) is 4.55. The summed E-state index contributed by atoms with van der Waals surface area (Å²) in [4.78, 5) is 32.9. The van der Waals surface area contributed by atoms with Gasteiger partial charge in [-0.3, -0.25) is 19.6 Å². The van der Waals surface area contributed by atoms with E-state index in [9.17, 15) is 9.59 Å². The zero-order chi connectivity index (χ0) is 19.2. The van der Waals surface area contributed by atoms with Gasteiger partial charge in [0.25, 0.3) is 11.8 Å². The Morgan fingerprint density at radius 3 is 2.37 bits per heavy atom. The number of aromatic nitrogens is 2. The molecule has 0 atom stereocenters. The lowest BCUT2D eigenvalue weighted by molar-refractivity contribution is 0.0950. The van der Waals surface area contributed by atoms with Crippen LogP contribution in [0.1, 0.15) is 37.4 Å². The first-order chi connectivity index (χ1) is 13.0. The number of carbonyl (C=O) groups is 2. The molecule has 2 amide bonds. The molecule has 0 aliphatic rings. The number of hydrogen-bond acceptors (Lipinski definition) is 4. The predicted octanol–water partition coefficient (Wildman–Crippen LogP) is 3.28. The summed E-state index contributed by atoms with van der Waals surface area (Å²) >= 11 is 0. The highest BCUT2D eigenvalue weighted by atomic mass is 16.2. The van der Waals surface area contributed by atoms with Crippen LogP contribution in [0.4, 0.5) is 5.69 Å². The van der Waals surface area contributed by atoms with E-state index in [4.69, 9.17) is 0 Å². The number of anilines is 1. The molecule has 0 fully saturated rings. The van der Waals surface area contributed by atoms with Crippen LogP contribution in [0.3, 0.4) is 0 Å². The van der Waals surface area contributed by atoms with Gasteiger partial charge in [0.05, 0.1) is 11.1 Å². The first-order valence-corrected chi connectivity index (χ1v) is 8.54. The van der Waals surface area contributed by atoms with E-state index in [0.717, 1.165) is 22.4 Å². The maximum Gasteiger partial charge on any atom is 0.257 e. The Kier molecular flexibility index (Phi) is 5.56. The van der Waals surface area contributed by atoms with Gasteiger partial charge in [0.2, 0.25) is 0 Å². The smallest absolute Gasteiger partial charge is 0.257 e. The molecule has 0 aliphatic heterocycles. The van der Waals surface area contributed by atoms with Gasteiger partial charge in [-0.2, -0.15) is 0 Å². The van der Waals surface area contributed by atoms with Gasteiger partial charge in [-0.25, -0.2) is 0 Å². The Morgan fingerprint density at radius 1 is 0.926 bits per heavy atom. The molecule has 0 radical (unpaired) electrons. The van der Waals surface area contributed by atoms with Gasteiger partial charge in [0, 0.05) is 37.0 Å². The van der Waals surface area contributed by atoms with Crippen LogP contribution in [-0.4, -0.2) is 21.8 Å². The van der Waals surface area contributed by atoms with Crippen molar-refractivity contribution in [2.75, 3.05) is 5.32 Å². The molecule has 2 N–H and O–H groups in total. The molecule has 6 nitrogen and oxygen atoms in total. The van der Waals surface area contributed by atoms with Crippen LogP contribution in [0.25, 0.3) is 0 Å². The maximum absolute atomic E-state index is 12.5. The van der Waals surface area contributed by atoms with Crippen LogP contribution in [0, 0.1) is 13.8 Å². The zero-order valence-electron chi connectivity index (χ0n) is 15.2. The number of benzene rings is 1. The molecule has 3 rings (SSSR count). The lowest BCUT2D eigenvalue weighted by Gasteiger charge is -2.11. The molecule has 1 aromatic carbocycles. The topological polar surface area (TPSA) is 84.0 Å². The molecule has 0 bridgehead atoms. The van der Waals surface area contributed by atoms with Crippen LogP contribution < -0.4 is 10.6 Å². The maximum atomic E-state index is 12.5. The molecule has 0 spiro atoms. The third-order valence-electron chi connectivity index (χ3n) is 4.32. The predicted molar refractivity (Wildman–Crippen MR) is 104 cm³/mol. The number of nitrogens with one attached hydrogen (secondary N) is 2. The standard InChI is InChI=1S/C21H20N4O2/c1-14-4-3-5-19(15(14)2)25-21(27)18-10-17(12-23-13-18)20(26)24-11-16-6-8-22-9-7-16/h3-10,12-13H,11H2,1-2H3,(H,24,26)(H,25,27). The number of amides is 2. The molecular weight excluding hydrogens is 340 g/mol. The lowest BCUT2D eigenvalue weighted by Crippen LogP contribution is -2.23. The van der Waals surface area contributed by atoms with Crippen molar-refractivity contribution in [1.82, 2.24) is 15.3 Å². The zero-order valence-corrected chi connectivity index (χ0v) is 15.2. The summed E-state index contributed by atoms with van der Waals surface area (Å²) < 4.78 is 0. The van der Waals surface area contributed by atoms with Gasteiger partial charge in [-0.1, -0.05) is 12.1 Å². The van der Waals surface area contributed by atoms with E-state index >= 15 is 0 Å². The Labute approximate surface area is 157 Å². The second kappa shape index (κ2) is 8.23. The van der Waals surface area contributed by atoms with E-state index in [-0.39, 0.29) is 11.8 Å². The highest BCUT2D eigenvalue weighted by molar-refractivity contribution is 6.06. The molecular formula is C21H20N4O2. The molecule has 2 aromatic heterocycles. The van der Waals surface area contributed by atoms with Crippen molar-refractivity contribution >= 4 is 17.5 Å². The number of hydrogen-bond donors (Lipinski definition) is 2. The van der Waals surface area contributed by atoms with E-state index < -0.39 is 0 Å². The second-order valence-electron chi connectivity index (χ2n) is 6.20. The highest BCUT2D eigenvalue weighted by Gasteiger charge is 2.13. The summed E-state index contributed by atoms with van der Waals surface area (Å²) in [7, 11) is 0. The SMILES string of the molecule is Cc1cccc(NC(=O)c2cncc(C(=O)NCc3ccncc3)c2)c1C. The summed E-state index contributed by atoms with van der Waals surface area (Å²) in [5.74, 6) is -0.597. The van der Waals surface area contributed by atoms with Gasteiger partial charge in [0.15, 0.2) is 0 Å². The average molecular weight is 360 g/mol. The Balaban J connectivity index is 1.70. The summed E-state index contributed by atoms with van der Waals surface area (Å²) in [5, 5.41) is 5.68. The molecule has 0 saturated carbocycles. The number of carbonyl (C=O) groups excluding carboxylic acids is 2. The van der Waals surface area contributed by atoms with Crippen LogP contribution in [0.15, 0.2) is 61.2 Å². The van der Waals surface area contributed by atoms with Gasteiger partial charge >= 0.3 is 0 Å². The number of nitrogens with zero attached hydrogens (tertiary/aromatic N) is 2. The lowest BCUT2D eigenvalue weighted by atomic mass is 10.1. The molecule has 0 aliphatic carbocycles. The monoisotopic (exact) mass is 360 g/mol. The quantitative estimate of drug-likeness (QED) is 0.731. The van der Waals surface area contributed by atoms with Crippen molar-refractivity contribution in [2.24, 2.45) is 0 Å². The van der Waals surface area contributed by atoms with E-state index in [1.807, 2.05) is 44.2 Å². The van der Waals surface area contributed by atoms with Crippen LogP contribution in [0.5, 0.6) is 0 Å². The van der Waals surface area contributed by atoms with Crippen LogP contribution in [0.2, 0.25) is 0 Å². The average Bonchev–Trinajstić information content (AvgIpc) is 2.70. The van der Waals surface area contributed by atoms with Gasteiger partial charge < -0.3 is 10.6 Å². The second-order valence-corrected chi connectivity index (χ2v) is 6.20. The fraction of sp³-hybridized carbons (Fsp3) is 0.143. The molecule has 2 heterocycles. The molecule has 3 aromatic rings. The van der Waals surface area contributed by atoms with Crippen molar-refractivity contribution in [1.29, 1.82) is 0 Å². The van der Waals surface area contributed by atoms with Crippen LogP contribution >= 0.6 is 0 Å². The van der Waals surface area contributed by atoms with Crippen molar-refractivity contribution in [3.8, 4) is 0 Å². The number of rotatable bonds is 5. The first kappa shape index (κ1) is 18.3. The summed E-state index contributed by atoms with van der Waals surface area (Å²) in [6.07, 6.45) is 6.22. The van der Waals surface area contributed by atoms with Crippen molar-refractivity contribution in [3.63, 3.8) is 0 Å². The summed E-state index contributed by atoms with van der Waals surface area (Å²) in [6.45, 7) is 4.31. The van der Waals surface area contributed by atoms with Crippen molar-refractivity contribution in [2.45, 2.75) is 20.4 Å². The van der Waals surface area contributed by atoms with E-state index in [0.29, 0.717) is 17.7 Å². The Bertz CT molecular complexity index is 971. The van der Waals surface area contributed by atoms with E-state index in [1.54, 1.807) is 12.4 Å². The third-order valence-corrected chi connectivity index (χ3v) is 4.32. The summed E-state index contributed by atoms with van der Waals surface area (Å²) in [5.41, 5.74) is 4.44. The van der Waals surface area contributed by atoms with Gasteiger partial charge in [0.1, 0.15) is 0 Å². The summed E-state index contributed by atoms with van der Waals surface area (Å²) in [6, 6.07) is 10.9. The molecule has 6 heteroatoms. The minimum absolute atomic E-state index is 0.291. The van der Waals surface area contributed by atoms with E-state index in [1.165, 1.54) is 18.5 Å². The number of aryl methyl sites for hydroxylation is 1. The minimum atomic E-state index is -0.306.